The predicted octanol–water partition coefficient (Wildman–Crippen LogP) is 2.03. The zero-order valence-electron chi connectivity index (χ0n) is 10.7. The average molecular weight is 249 g/mol. The highest BCUT2D eigenvalue weighted by molar-refractivity contribution is 5.50. The number of benzene rings is 1. The fourth-order valence-corrected chi connectivity index (χ4v) is 2.78. The van der Waals surface area contributed by atoms with E-state index in [4.69, 9.17) is 14.2 Å². The van der Waals surface area contributed by atoms with E-state index in [1.54, 1.807) is 7.11 Å². The molecule has 1 aromatic carbocycles. The van der Waals surface area contributed by atoms with E-state index in [0.717, 1.165) is 24.6 Å². The molecule has 2 heterocycles. The Morgan fingerprint density at radius 2 is 2.17 bits per heavy atom. The second kappa shape index (κ2) is 5.16. The van der Waals surface area contributed by atoms with Gasteiger partial charge in [0.1, 0.15) is 0 Å². The smallest absolute Gasteiger partial charge is 0.231 e. The van der Waals surface area contributed by atoms with Crippen LogP contribution in [0.25, 0.3) is 0 Å². The lowest BCUT2D eigenvalue weighted by molar-refractivity contribution is 0.173. The van der Waals surface area contributed by atoms with E-state index >= 15 is 0 Å². The van der Waals surface area contributed by atoms with Gasteiger partial charge in [0, 0.05) is 13.7 Å². The third-order valence-electron chi connectivity index (χ3n) is 3.67. The monoisotopic (exact) mass is 249 g/mol. The van der Waals surface area contributed by atoms with Crippen LogP contribution in [0.15, 0.2) is 12.1 Å². The number of rotatable bonds is 3. The van der Waals surface area contributed by atoms with E-state index in [2.05, 4.69) is 17.4 Å². The summed E-state index contributed by atoms with van der Waals surface area (Å²) in [6, 6.07) is 4.20. The summed E-state index contributed by atoms with van der Waals surface area (Å²) in [5.74, 6) is 2.27. The Bertz CT molecular complexity index is 427. The molecule has 1 N–H and O–H groups in total. The summed E-state index contributed by atoms with van der Waals surface area (Å²) in [7, 11) is 1.73. The summed E-state index contributed by atoms with van der Waals surface area (Å²) in [4.78, 5) is 0. The maximum Gasteiger partial charge on any atom is 0.231 e. The van der Waals surface area contributed by atoms with E-state index in [9.17, 15) is 0 Å². The molecule has 1 unspecified atom stereocenters. The van der Waals surface area contributed by atoms with Gasteiger partial charge in [-0.1, -0.05) is 0 Å². The van der Waals surface area contributed by atoms with Gasteiger partial charge in [-0.3, -0.25) is 0 Å². The molecule has 4 heteroatoms. The minimum atomic E-state index is 0.328. The summed E-state index contributed by atoms with van der Waals surface area (Å²) >= 11 is 0. The van der Waals surface area contributed by atoms with Crippen molar-refractivity contribution in [1.29, 1.82) is 0 Å². The standard InChI is InChI=1S/C14H19NO3/c1-16-8-11-5-13-14(18-9-17-13)6-12(11)10-3-2-4-15-7-10/h5-6,10,15H,2-4,7-9H2,1H3. The van der Waals surface area contributed by atoms with Gasteiger partial charge in [0.25, 0.3) is 0 Å². The van der Waals surface area contributed by atoms with Crippen LogP contribution in [0, 0.1) is 0 Å². The van der Waals surface area contributed by atoms with Gasteiger partial charge in [0.15, 0.2) is 11.5 Å². The van der Waals surface area contributed by atoms with Gasteiger partial charge in [0.2, 0.25) is 6.79 Å². The molecule has 3 rings (SSSR count). The molecule has 2 aliphatic rings. The SMILES string of the molecule is COCc1cc2c(cc1C1CCCNC1)OCO2. The topological polar surface area (TPSA) is 39.7 Å². The number of hydrogen-bond donors (Lipinski definition) is 1. The van der Waals surface area contributed by atoms with Crippen molar-refractivity contribution in [3.63, 3.8) is 0 Å². The van der Waals surface area contributed by atoms with Crippen molar-refractivity contribution in [1.82, 2.24) is 5.32 Å². The quantitative estimate of drug-likeness (QED) is 0.889. The molecule has 98 valence electrons. The van der Waals surface area contributed by atoms with Gasteiger partial charge >= 0.3 is 0 Å². The Labute approximate surface area is 107 Å². The molecule has 4 nitrogen and oxygen atoms in total. The number of methoxy groups -OCH3 is 1. The van der Waals surface area contributed by atoms with Crippen LogP contribution in [-0.4, -0.2) is 27.0 Å². The first-order valence-electron chi connectivity index (χ1n) is 6.50. The molecule has 0 bridgehead atoms. The van der Waals surface area contributed by atoms with Crippen LogP contribution in [0.5, 0.6) is 11.5 Å². The number of hydrogen-bond acceptors (Lipinski definition) is 4. The minimum absolute atomic E-state index is 0.328. The Balaban J connectivity index is 1.94. The van der Waals surface area contributed by atoms with Crippen molar-refractivity contribution >= 4 is 0 Å². The zero-order valence-corrected chi connectivity index (χ0v) is 10.7. The zero-order chi connectivity index (χ0) is 12.4. The van der Waals surface area contributed by atoms with Gasteiger partial charge in [-0.05, 0) is 48.6 Å². The van der Waals surface area contributed by atoms with Crippen LogP contribution in [0.4, 0.5) is 0 Å². The number of ether oxygens (including phenoxy) is 3. The minimum Gasteiger partial charge on any atom is -0.454 e. The van der Waals surface area contributed by atoms with Crippen molar-refractivity contribution in [2.24, 2.45) is 0 Å². The van der Waals surface area contributed by atoms with E-state index in [1.807, 2.05) is 0 Å². The first-order chi connectivity index (χ1) is 8.88. The molecule has 0 aliphatic carbocycles. The van der Waals surface area contributed by atoms with E-state index < -0.39 is 0 Å². The summed E-state index contributed by atoms with van der Waals surface area (Å²) in [5.41, 5.74) is 2.56. The van der Waals surface area contributed by atoms with Crippen molar-refractivity contribution in [3.8, 4) is 11.5 Å². The summed E-state index contributed by atoms with van der Waals surface area (Å²) in [5, 5.41) is 3.46. The van der Waals surface area contributed by atoms with E-state index in [1.165, 1.54) is 24.0 Å². The molecule has 18 heavy (non-hydrogen) atoms. The Morgan fingerprint density at radius 1 is 1.33 bits per heavy atom. The van der Waals surface area contributed by atoms with Gasteiger partial charge in [-0.15, -0.1) is 0 Å². The first-order valence-corrected chi connectivity index (χ1v) is 6.50. The number of piperidine rings is 1. The molecule has 2 aliphatic heterocycles. The lowest BCUT2D eigenvalue weighted by atomic mass is 9.88. The summed E-state index contributed by atoms with van der Waals surface area (Å²) in [6.45, 7) is 3.12. The fourth-order valence-electron chi connectivity index (χ4n) is 2.78. The highest BCUT2D eigenvalue weighted by atomic mass is 16.7. The summed E-state index contributed by atoms with van der Waals surface area (Å²) < 4.78 is 16.2. The van der Waals surface area contributed by atoms with Crippen molar-refractivity contribution in [2.75, 3.05) is 27.0 Å². The van der Waals surface area contributed by atoms with Crippen LogP contribution in [0.3, 0.4) is 0 Å². The molecule has 0 aromatic heterocycles. The second-order valence-corrected chi connectivity index (χ2v) is 4.88. The molecule has 1 fully saturated rings. The number of nitrogens with one attached hydrogen (secondary N) is 1. The highest BCUT2D eigenvalue weighted by Gasteiger charge is 2.23. The van der Waals surface area contributed by atoms with Crippen molar-refractivity contribution < 1.29 is 14.2 Å². The van der Waals surface area contributed by atoms with E-state index in [0.29, 0.717) is 19.3 Å². The van der Waals surface area contributed by atoms with Crippen LogP contribution in [0.1, 0.15) is 29.9 Å². The molecule has 0 amide bonds. The first kappa shape index (κ1) is 11.8. The van der Waals surface area contributed by atoms with Gasteiger partial charge < -0.3 is 19.5 Å². The van der Waals surface area contributed by atoms with Crippen LogP contribution in [0.2, 0.25) is 0 Å². The maximum absolute atomic E-state index is 5.48. The van der Waals surface area contributed by atoms with Crippen LogP contribution >= 0.6 is 0 Å². The Kier molecular flexibility index (Phi) is 3.39. The highest BCUT2D eigenvalue weighted by Crippen LogP contribution is 2.38. The predicted molar refractivity (Wildman–Crippen MR) is 68.1 cm³/mol. The van der Waals surface area contributed by atoms with Gasteiger partial charge in [-0.2, -0.15) is 0 Å². The van der Waals surface area contributed by atoms with E-state index in [-0.39, 0.29) is 0 Å². The van der Waals surface area contributed by atoms with Crippen molar-refractivity contribution in [3.05, 3.63) is 23.3 Å². The third-order valence-corrected chi connectivity index (χ3v) is 3.67. The maximum atomic E-state index is 5.48. The molecule has 1 atom stereocenters. The summed E-state index contributed by atoms with van der Waals surface area (Å²) in [6.07, 6.45) is 2.45. The molecule has 1 saturated heterocycles. The molecule has 0 spiro atoms. The third kappa shape index (κ3) is 2.18. The Morgan fingerprint density at radius 3 is 2.89 bits per heavy atom. The molecular weight excluding hydrogens is 230 g/mol. The lowest BCUT2D eigenvalue weighted by Crippen LogP contribution is -2.28. The van der Waals surface area contributed by atoms with Gasteiger partial charge in [-0.25, -0.2) is 0 Å². The van der Waals surface area contributed by atoms with Crippen LogP contribution < -0.4 is 14.8 Å². The number of fused-ring (bicyclic) bond motifs is 1. The fraction of sp³-hybridized carbons (Fsp3) is 0.571. The lowest BCUT2D eigenvalue weighted by Gasteiger charge is -2.25. The molecule has 0 radical (unpaired) electrons. The molecule has 0 saturated carbocycles. The largest absolute Gasteiger partial charge is 0.454 e. The van der Waals surface area contributed by atoms with Crippen LogP contribution in [-0.2, 0) is 11.3 Å². The normalized spacial score (nSPS) is 22.2. The average Bonchev–Trinajstić information content (AvgIpc) is 2.86. The Hall–Kier alpha value is -1.26. The van der Waals surface area contributed by atoms with Gasteiger partial charge in [0.05, 0.1) is 6.61 Å². The second-order valence-electron chi connectivity index (χ2n) is 4.88. The molecular formula is C14H19NO3. The molecule has 1 aromatic rings. The van der Waals surface area contributed by atoms with Crippen molar-refractivity contribution in [2.45, 2.75) is 25.4 Å².